The molecule has 1 aromatic heterocycles. The minimum Gasteiger partial charge on any atom is -0.355 e. The Morgan fingerprint density at radius 3 is 2.77 bits per heavy atom. The number of imidazole rings is 1. The van der Waals surface area contributed by atoms with E-state index in [9.17, 15) is 4.79 Å². The second kappa shape index (κ2) is 7.74. The van der Waals surface area contributed by atoms with Gasteiger partial charge in [-0.15, -0.1) is 0 Å². The number of nitrogens with one attached hydrogen (secondary N) is 1. The van der Waals surface area contributed by atoms with Gasteiger partial charge in [0.05, 0.1) is 5.92 Å². The van der Waals surface area contributed by atoms with Crippen molar-refractivity contribution in [3.05, 3.63) is 18.2 Å². The van der Waals surface area contributed by atoms with Crippen LogP contribution >= 0.6 is 0 Å². The molecular weight excluding hydrogens is 278 g/mol. The fraction of sp³-hybridized carbons (Fsp3) is 0.750. The summed E-state index contributed by atoms with van der Waals surface area (Å²) in [6, 6.07) is 0.537. The molecule has 1 aromatic rings. The van der Waals surface area contributed by atoms with Gasteiger partial charge in [-0.25, -0.2) is 4.98 Å². The number of likely N-dealkylation sites (tertiary alicyclic amines) is 1. The summed E-state index contributed by atoms with van der Waals surface area (Å²) in [4.78, 5) is 21.2. The van der Waals surface area contributed by atoms with Crippen LogP contribution in [0.3, 0.4) is 0 Å². The Labute approximate surface area is 133 Å². The average molecular weight is 307 g/mol. The summed E-state index contributed by atoms with van der Waals surface area (Å²) in [6.07, 6.45) is 6.53. The number of carbonyl (C=O) groups is 1. The topological polar surface area (TPSA) is 53.4 Å². The van der Waals surface area contributed by atoms with Crippen LogP contribution in [0.1, 0.15) is 18.7 Å². The van der Waals surface area contributed by atoms with E-state index < -0.39 is 0 Å². The van der Waals surface area contributed by atoms with Crippen molar-refractivity contribution >= 4 is 5.91 Å². The molecular formula is C16H29N5O. The highest BCUT2D eigenvalue weighted by Gasteiger charge is 2.27. The lowest BCUT2D eigenvalue weighted by Gasteiger charge is -2.25. The molecule has 1 saturated heterocycles. The molecule has 6 nitrogen and oxygen atoms in total. The number of aromatic nitrogens is 2. The molecule has 6 heteroatoms. The molecule has 1 fully saturated rings. The Morgan fingerprint density at radius 2 is 2.14 bits per heavy atom. The van der Waals surface area contributed by atoms with Gasteiger partial charge in [-0.05, 0) is 34.0 Å². The highest BCUT2D eigenvalue weighted by atomic mass is 16.1. The van der Waals surface area contributed by atoms with Crippen molar-refractivity contribution < 1.29 is 4.79 Å². The van der Waals surface area contributed by atoms with Gasteiger partial charge in [-0.2, -0.15) is 0 Å². The van der Waals surface area contributed by atoms with Crippen molar-refractivity contribution in [3.63, 3.8) is 0 Å². The van der Waals surface area contributed by atoms with Gasteiger partial charge in [0.1, 0.15) is 5.82 Å². The summed E-state index contributed by atoms with van der Waals surface area (Å²) >= 11 is 0. The number of likely N-dealkylation sites (N-methyl/N-ethyl adjacent to an activating group) is 2. The minimum atomic E-state index is 0.0938. The second-order valence-electron chi connectivity index (χ2n) is 6.61. The molecule has 2 rings (SSSR count). The van der Waals surface area contributed by atoms with Gasteiger partial charge in [0, 0.05) is 51.5 Å². The molecule has 0 saturated carbocycles. The molecule has 1 aliphatic rings. The molecule has 0 spiro atoms. The molecule has 0 aliphatic carbocycles. The zero-order valence-corrected chi connectivity index (χ0v) is 14.2. The Bertz CT molecular complexity index is 485. The molecule has 2 atom stereocenters. The largest absolute Gasteiger partial charge is 0.355 e. The molecule has 1 amide bonds. The fourth-order valence-corrected chi connectivity index (χ4v) is 3.10. The summed E-state index contributed by atoms with van der Waals surface area (Å²) in [5.74, 6) is 1.28. The van der Waals surface area contributed by atoms with E-state index in [1.165, 1.54) is 0 Å². The maximum atomic E-state index is 12.4. The zero-order chi connectivity index (χ0) is 16.1. The molecule has 0 aromatic carbocycles. The van der Waals surface area contributed by atoms with Crippen molar-refractivity contribution in [1.29, 1.82) is 0 Å². The van der Waals surface area contributed by atoms with Crippen molar-refractivity contribution in [2.24, 2.45) is 13.0 Å². The van der Waals surface area contributed by atoms with Crippen molar-refractivity contribution in [3.8, 4) is 0 Å². The van der Waals surface area contributed by atoms with E-state index in [0.29, 0.717) is 12.6 Å². The summed E-state index contributed by atoms with van der Waals surface area (Å²) in [6.45, 7) is 2.53. The molecule has 22 heavy (non-hydrogen) atoms. The van der Waals surface area contributed by atoms with E-state index in [-0.39, 0.29) is 11.8 Å². The average Bonchev–Trinajstić information content (AvgIpc) is 2.75. The number of carbonyl (C=O) groups excluding carboxylic acids is 1. The predicted molar refractivity (Wildman–Crippen MR) is 87.6 cm³/mol. The third-order valence-corrected chi connectivity index (χ3v) is 4.57. The second-order valence-corrected chi connectivity index (χ2v) is 6.61. The number of amides is 1. The highest BCUT2D eigenvalue weighted by Crippen LogP contribution is 2.18. The number of rotatable bonds is 5. The number of aryl methyl sites for hydroxylation is 1. The van der Waals surface area contributed by atoms with Crippen LogP contribution in [0.2, 0.25) is 0 Å². The first kappa shape index (κ1) is 17.0. The Morgan fingerprint density at radius 1 is 1.36 bits per heavy atom. The molecule has 0 radical (unpaired) electrons. The summed E-state index contributed by atoms with van der Waals surface area (Å²) in [7, 11) is 8.32. The molecule has 124 valence electrons. The van der Waals surface area contributed by atoms with E-state index in [1.54, 1.807) is 6.20 Å². The molecule has 1 N–H and O–H groups in total. The van der Waals surface area contributed by atoms with Crippen LogP contribution in [-0.2, 0) is 18.3 Å². The first-order valence-corrected chi connectivity index (χ1v) is 8.06. The summed E-state index contributed by atoms with van der Waals surface area (Å²) in [5.41, 5.74) is 0. The lowest BCUT2D eigenvalue weighted by Crippen LogP contribution is -2.39. The lowest BCUT2D eigenvalue weighted by molar-refractivity contribution is -0.125. The highest BCUT2D eigenvalue weighted by molar-refractivity contribution is 5.78. The van der Waals surface area contributed by atoms with Gasteiger partial charge in [0.2, 0.25) is 5.91 Å². The van der Waals surface area contributed by atoms with Gasteiger partial charge in [-0.3, -0.25) is 4.79 Å². The molecule has 0 unspecified atom stereocenters. The van der Waals surface area contributed by atoms with E-state index >= 15 is 0 Å². The maximum absolute atomic E-state index is 12.4. The first-order valence-electron chi connectivity index (χ1n) is 8.06. The Hall–Kier alpha value is -1.40. The van der Waals surface area contributed by atoms with Gasteiger partial charge in [0.25, 0.3) is 0 Å². The number of hydrogen-bond acceptors (Lipinski definition) is 4. The maximum Gasteiger partial charge on any atom is 0.224 e. The predicted octanol–water partition coefficient (Wildman–Crippen LogP) is 0.351. The fourth-order valence-electron chi connectivity index (χ4n) is 3.10. The third-order valence-electron chi connectivity index (χ3n) is 4.57. The number of nitrogens with zero attached hydrogens (tertiary/aromatic N) is 4. The van der Waals surface area contributed by atoms with E-state index in [0.717, 1.165) is 38.2 Å². The molecule has 0 bridgehead atoms. The Balaban J connectivity index is 1.80. The smallest absolute Gasteiger partial charge is 0.224 e. The van der Waals surface area contributed by atoms with Crippen LogP contribution in [0, 0.1) is 5.92 Å². The molecule has 2 heterocycles. The number of hydrogen-bond donors (Lipinski definition) is 1. The summed E-state index contributed by atoms with van der Waals surface area (Å²) in [5, 5.41) is 3.08. The monoisotopic (exact) mass is 307 g/mol. The quantitative estimate of drug-likeness (QED) is 0.853. The van der Waals surface area contributed by atoms with Crippen molar-refractivity contribution in [2.45, 2.75) is 25.3 Å². The van der Waals surface area contributed by atoms with Gasteiger partial charge >= 0.3 is 0 Å². The Kier molecular flexibility index (Phi) is 5.97. The summed E-state index contributed by atoms with van der Waals surface area (Å²) < 4.78 is 1.99. The van der Waals surface area contributed by atoms with E-state index in [2.05, 4.69) is 41.2 Å². The van der Waals surface area contributed by atoms with Gasteiger partial charge < -0.3 is 19.7 Å². The first-order chi connectivity index (χ1) is 10.5. The van der Waals surface area contributed by atoms with Crippen LogP contribution < -0.4 is 5.32 Å². The SMILES string of the molecule is CN1C[C@H](C(=O)NCCc2nccn2C)CC[C@H](N(C)C)C1. The third kappa shape index (κ3) is 4.55. The molecule has 1 aliphatic heterocycles. The van der Waals surface area contributed by atoms with Crippen LogP contribution in [0.5, 0.6) is 0 Å². The minimum absolute atomic E-state index is 0.0938. The van der Waals surface area contributed by atoms with Crippen LogP contribution in [0.25, 0.3) is 0 Å². The van der Waals surface area contributed by atoms with Crippen molar-refractivity contribution in [2.75, 3.05) is 40.8 Å². The van der Waals surface area contributed by atoms with Crippen LogP contribution in [0.4, 0.5) is 0 Å². The van der Waals surface area contributed by atoms with E-state index in [4.69, 9.17) is 0 Å². The standard InChI is InChI=1S/C16H29N5O/c1-19(2)14-6-5-13(11-20(3)12-14)16(22)18-8-7-15-17-9-10-21(15)4/h9-10,13-14H,5-8,11-12H2,1-4H3,(H,18,22)/t13-,14+/m1/s1. The van der Waals surface area contributed by atoms with Crippen LogP contribution in [0.15, 0.2) is 12.4 Å². The van der Waals surface area contributed by atoms with Crippen molar-refractivity contribution in [1.82, 2.24) is 24.7 Å². The zero-order valence-electron chi connectivity index (χ0n) is 14.2. The van der Waals surface area contributed by atoms with E-state index in [1.807, 2.05) is 17.8 Å². The lowest BCUT2D eigenvalue weighted by atomic mass is 10.0. The van der Waals surface area contributed by atoms with Crippen LogP contribution in [-0.4, -0.2) is 72.1 Å². The van der Waals surface area contributed by atoms with Gasteiger partial charge in [0.15, 0.2) is 0 Å². The normalized spacial score (nSPS) is 23.5. The van der Waals surface area contributed by atoms with Gasteiger partial charge in [-0.1, -0.05) is 0 Å².